The average Bonchev–Trinajstić information content (AvgIpc) is 3.58. The first-order chi connectivity index (χ1) is 25.3. The standard InChI is InChI=1S/C40H28N8S4/c41-39-31-17-16-30(49)19-25(31)9-18-34(39)45-43-27-13-11-26(12-14-27)42-44-28-10-7-23(36(50)20-28)5-6-24-8-15-29(21-37(24)51)48-46-35-22-38(52)32-3-1-2-4-33(32)40(35)47-48/h1-22,41,43,49-52H/b6-5?,41-39?,44-42?,45-34-. The van der Waals surface area contributed by atoms with Gasteiger partial charge in [0.2, 0.25) is 0 Å². The molecule has 0 bridgehead atoms. The maximum absolute atomic E-state index is 8.51. The Morgan fingerprint density at radius 3 is 2.13 bits per heavy atom. The van der Waals surface area contributed by atoms with Gasteiger partial charge in [0, 0.05) is 30.5 Å². The van der Waals surface area contributed by atoms with Crippen LogP contribution in [0.5, 0.6) is 0 Å². The molecule has 1 heterocycles. The molecule has 0 amide bonds. The molecule has 6 aromatic carbocycles. The van der Waals surface area contributed by atoms with E-state index >= 15 is 0 Å². The normalized spacial score (nSPS) is 13.6. The Hall–Kier alpha value is -5.40. The van der Waals surface area contributed by atoms with E-state index in [4.69, 9.17) is 40.9 Å². The van der Waals surface area contributed by atoms with E-state index in [9.17, 15) is 0 Å². The first kappa shape index (κ1) is 33.7. The molecule has 12 heteroatoms. The Bertz CT molecular complexity index is 2680. The van der Waals surface area contributed by atoms with Gasteiger partial charge < -0.3 is 0 Å². The van der Waals surface area contributed by atoms with Crippen molar-refractivity contribution in [3.8, 4) is 5.69 Å². The van der Waals surface area contributed by atoms with Gasteiger partial charge in [-0.25, -0.2) is 0 Å². The molecule has 1 aliphatic carbocycles. The molecule has 0 unspecified atom stereocenters. The highest BCUT2D eigenvalue weighted by Gasteiger charge is 2.16. The van der Waals surface area contributed by atoms with Gasteiger partial charge in [0.25, 0.3) is 0 Å². The molecular weight excluding hydrogens is 721 g/mol. The summed E-state index contributed by atoms with van der Waals surface area (Å²) in [5.41, 5.74) is 12.1. The van der Waals surface area contributed by atoms with Crippen LogP contribution in [-0.4, -0.2) is 26.4 Å². The third-order valence-corrected chi connectivity index (χ3v) is 9.93. The zero-order valence-electron chi connectivity index (χ0n) is 27.2. The fourth-order valence-electron chi connectivity index (χ4n) is 5.80. The summed E-state index contributed by atoms with van der Waals surface area (Å²) < 4.78 is 0. The fraction of sp³-hybridized carbons (Fsp3) is 0. The summed E-state index contributed by atoms with van der Waals surface area (Å²) in [5.74, 6) is 0. The van der Waals surface area contributed by atoms with Crippen LogP contribution >= 0.6 is 50.5 Å². The average molecular weight is 749 g/mol. The van der Waals surface area contributed by atoms with E-state index < -0.39 is 0 Å². The van der Waals surface area contributed by atoms with Gasteiger partial charge in [0.05, 0.1) is 28.5 Å². The van der Waals surface area contributed by atoms with E-state index in [0.717, 1.165) is 75.0 Å². The molecule has 0 spiro atoms. The van der Waals surface area contributed by atoms with Crippen molar-refractivity contribution in [3.05, 3.63) is 138 Å². The number of fused-ring (bicyclic) bond motifs is 4. The maximum Gasteiger partial charge on any atom is 0.121 e. The van der Waals surface area contributed by atoms with Gasteiger partial charge in [0.15, 0.2) is 0 Å². The molecule has 52 heavy (non-hydrogen) atoms. The number of benzene rings is 6. The number of aromatic nitrogens is 3. The van der Waals surface area contributed by atoms with Crippen LogP contribution in [0.15, 0.2) is 150 Å². The van der Waals surface area contributed by atoms with Crippen molar-refractivity contribution in [1.29, 1.82) is 5.41 Å². The predicted octanol–water partition coefficient (Wildman–Crippen LogP) is 11.2. The number of thiol groups is 4. The Morgan fingerprint density at radius 1 is 0.654 bits per heavy atom. The maximum atomic E-state index is 8.51. The molecule has 8 nitrogen and oxygen atoms in total. The van der Waals surface area contributed by atoms with Crippen LogP contribution in [-0.2, 0) is 0 Å². The minimum Gasteiger partial charge on any atom is -0.298 e. The lowest BCUT2D eigenvalue weighted by Gasteiger charge is -2.14. The van der Waals surface area contributed by atoms with E-state index in [1.165, 1.54) is 0 Å². The smallest absolute Gasteiger partial charge is 0.121 e. The van der Waals surface area contributed by atoms with Crippen LogP contribution < -0.4 is 5.43 Å². The number of nitrogens with zero attached hydrogens (tertiary/aromatic N) is 6. The van der Waals surface area contributed by atoms with E-state index in [2.05, 4.69) is 46.0 Å². The van der Waals surface area contributed by atoms with Crippen molar-refractivity contribution in [2.75, 3.05) is 5.43 Å². The Kier molecular flexibility index (Phi) is 9.29. The number of hydrogen-bond acceptors (Lipinski definition) is 11. The molecule has 0 saturated heterocycles. The summed E-state index contributed by atoms with van der Waals surface area (Å²) in [6, 6.07) is 34.8. The zero-order chi connectivity index (χ0) is 35.8. The van der Waals surface area contributed by atoms with Gasteiger partial charge in [-0.05, 0) is 94.9 Å². The van der Waals surface area contributed by atoms with Crippen LogP contribution in [0.25, 0.3) is 45.7 Å². The number of rotatable bonds is 7. The topological polar surface area (TPSA) is 104 Å². The third-order valence-electron chi connectivity index (χ3n) is 8.51. The van der Waals surface area contributed by atoms with Crippen molar-refractivity contribution >= 4 is 119 Å². The zero-order valence-corrected chi connectivity index (χ0v) is 30.8. The van der Waals surface area contributed by atoms with Gasteiger partial charge in [-0.2, -0.15) is 20.1 Å². The minimum absolute atomic E-state index is 0.356. The Labute approximate surface area is 321 Å². The second-order valence-electron chi connectivity index (χ2n) is 12.0. The van der Waals surface area contributed by atoms with Crippen molar-refractivity contribution < 1.29 is 0 Å². The van der Waals surface area contributed by atoms with Crippen molar-refractivity contribution in [3.63, 3.8) is 0 Å². The van der Waals surface area contributed by atoms with Crippen LogP contribution in [0, 0.1) is 5.41 Å². The van der Waals surface area contributed by atoms with Gasteiger partial charge in [-0.15, -0.1) is 60.7 Å². The third kappa shape index (κ3) is 6.93. The van der Waals surface area contributed by atoms with Gasteiger partial charge >= 0.3 is 0 Å². The number of hydrogen-bond donors (Lipinski definition) is 6. The highest BCUT2D eigenvalue weighted by Crippen LogP contribution is 2.31. The van der Waals surface area contributed by atoms with Crippen molar-refractivity contribution in [1.82, 2.24) is 15.0 Å². The quantitative estimate of drug-likeness (QED) is 0.0423. The lowest BCUT2D eigenvalue weighted by molar-refractivity contribution is 0.764. The van der Waals surface area contributed by atoms with E-state index in [0.29, 0.717) is 22.8 Å². The summed E-state index contributed by atoms with van der Waals surface area (Å²) in [5, 5.41) is 33.3. The number of allylic oxidation sites excluding steroid dienone is 1. The Balaban J connectivity index is 0.914. The largest absolute Gasteiger partial charge is 0.298 e. The summed E-state index contributed by atoms with van der Waals surface area (Å²) in [4.78, 5) is 4.92. The van der Waals surface area contributed by atoms with Gasteiger partial charge in [0.1, 0.15) is 16.7 Å². The lowest BCUT2D eigenvalue weighted by atomic mass is 9.94. The second kappa shape index (κ2) is 14.3. The second-order valence-corrected chi connectivity index (χ2v) is 13.9. The molecule has 0 saturated carbocycles. The number of azo groups is 1. The molecule has 8 rings (SSSR count). The minimum atomic E-state index is 0.356. The monoisotopic (exact) mass is 748 g/mol. The molecule has 0 aliphatic heterocycles. The predicted molar refractivity (Wildman–Crippen MR) is 225 cm³/mol. The van der Waals surface area contributed by atoms with Crippen LogP contribution in [0.2, 0.25) is 0 Å². The van der Waals surface area contributed by atoms with Crippen LogP contribution in [0.1, 0.15) is 22.3 Å². The van der Waals surface area contributed by atoms with Gasteiger partial charge in [-0.1, -0.05) is 60.7 Å². The van der Waals surface area contributed by atoms with Crippen LogP contribution in [0.4, 0.5) is 17.1 Å². The highest BCUT2D eigenvalue weighted by atomic mass is 32.1. The summed E-state index contributed by atoms with van der Waals surface area (Å²) in [6.07, 6.45) is 7.76. The SMILES string of the molecule is N=C1/C(=N\Nc2ccc(N=Nc3ccc(C=Cc4ccc(-n5nc6cc(S)c7ccccc7c6n5)cc4S)c(S)c3)cc2)C=Cc2cc(S)ccc21. The lowest BCUT2D eigenvalue weighted by Crippen LogP contribution is -2.18. The molecule has 2 N–H and O–H groups in total. The molecule has 0 fully saturated rings. The Morgan fingerprint density at radius 2 is 1.37 bits per heavy atom. The first-order valence-corrected chi connectivity index (χ1v) is 17.9. The highest BCUT2D eigenvalue weighted by molar-refractivity contribution is 7.81. The molecule has 0 radical (unpaired) electrons. The summed E-state index contributed by atoms with van der Waals surface area (Å²) in [7, 11) is 0. The molecule has 1 aliphatic rings. The fourth-order valence-corrected chi connectivity index (χ4v) is 6.89. The summed E-state index contributed by atoms with van der Waals surface area (Å²) in [6.45, 7) is 0. The van der Waals surface area contributed by atoms with Crippen LogP contribution in [0.3, 0.4) is 0 Å². The number of nitrogens with one attached hydrogen (secondary N) is 2. The molecule has 7 aromatic rings. The molecule has 252 valence electrons. The van der Waals surface area contributed by atoms with Crippen molar-refractivity contribution in [2.45, 2.75) is 19.6 Å². The van der Waals surface area contributed by atoms with E-state index in [1.54, 1.807) is 4.80 Å². The van der Waals surface area contributed by atoms with Crippen molar-refractivity contribution in [2.24, 2.45) is 15.3 Å². The van der Waals surface area contributed by atoms with E-state index in [-0.39, 0.29) is 0 Å². The molecular formula is C40H28N8S4. The molecule has 0 atom stereocenters. The number of hydrazone groups is 1. The number of anilines is 1. The van der Waals surface area contributed by atoms with E-state index in [1.807, 2.05) is 133 Å². The van der Waals surface area contributed by atoms with Gasteiger partial charge in [-0.3, -0.25) is 10.8 Å². The summed E-state index contributed by atoms with van der Waals surface area (Å²) >= 11 is 18.5. The first-order valence-electron chi connectivity index (χ1n) is 16.1. The molecule has 1 aromatic heterocycles.